The lowest BCUT2D eigenvalue weighted by atomic mass is 9.71. The fourth-order valence-electron chi connectivity index (χ4n) is 5.32. The van der Waals surface area contributed by atoms with Crippen molar-refractivity contribution in [3.8, 4) is 0 Å². The molecule has 1 saturated carbocycles. The Bertz CT molecular complexity index is 731. The monoisotopic (exact) mass is 384 g/mol. The van der Waals surface area contributed by atoms with Gasteiger partial charge in [0.05, 0.1) is 6.10 Å². The minimum absolute atomic E-state index is 0.137. The van der Waals surface area contributed by atoms with Crippen LogP contribution in [0.4, 0.5) is 0 Å². The van der Waals surface area contributed by atoms with E-state index < -0.39 is 0 Å². The fraction of sp³-hybridized carbons (Fsp3) is 0.652. The largest absolute Gasteiger partial charge is 0.393 e. The van der Waals surface area contributed by atoms with E-state index in [-0.39, 0.29) is 23.3 Å². The third-order valence-corrected chi connectivity index (χ3v) is 7.29. The van der Waals surface area contributed by atoms with Crippen LogP contribution in [0.1, 0.15) is 67.3 Å². The summed E-state index contributed by atoms with van der Waals surface area (Å²) in [5.41, 5.74) is 1.99. The predicted octanol–water partition coefficient (Wildman–Crippen LogP) is 3.14. The van der Waals surface area contributed by atoms with Crippen LogP contribution in [0.3, 0.4) is 0 Å². The van der Waals surface area contributed by atoms with Crippen LogP contribution in [0.2, 0.25) is 0 Å². The molecule has 0 radical (unpaired) electrons. The van der Waals surface area contributed by atoms with Crippen LogP contribution in [0.5, 0.6) is 0 Å². The number of aliphatic hydroxyl groups excluding tert-OH is 1. The van der Waals surface area contributed by atoms with Crippen LogP contribution < -0.4 is 0 Å². The first kappa shape index (κ1) is 19.4. The highest BCUT2D eigenvalue weighted by atomic mass is 16.3. The molecule has 5 nitrogen and oxygen atoms in total. The van der Waals surface area contributed by atoms with Crippen molar-refractivity contribution in [1.82, 2.24) is 9.80 Å². The number of hydrogen-bond acceptors (Lipinski definition) is 3. The molecule has 1 N–H and O–H groups in total. The summed E-state index contributed by atoms with van der Waals surface area (Å²) in [7, 11) is 0. The van der Waals surface area contributed by atoms with Gasteiger partial charge in [-0.1, -0.05) is 18.2 Å². The van der Waals surface area contributed by atoms with Crippen molar-refractivity contribution in [1.29, 1.82) is 0 Å². The SMILES string of the molecule is Cc1ccccc1C(=O)N1CCC2(CCC(=O)N(C3CCC(O)CC3)C2)CC1. The van der Waals surface area contributed by atoms with E-state index >= 15 is 0 Å². The number of likely N-dealkylation sites (tertiary alicyclic amines) is 2. The molecule has 0 bridgehead atoms. The molecule has 2 aliphatic heterocycles. The van der Waals surface area contributed by atoms with Crippen molar-refractivity contribution >= 4 is 11.8 Å². The van der Waals surface area contributed by atoms with Crippen molar-refractivity contribution in [2.75, 3.05) is 19.6 Å². The van der Waals surface area contributed by atoms with Crippen LogP contribution in [-0.2, 0) is 4.79 Å². The van der Waals surface area contributed by atoms with Crippen molar-refractivity contribution < 1.29 is 14.7 Å². The van der Waals surface area contributed by atoms with E-state index in [4.69, 9.17) is 0 Å². The summed E-state index contributed by atoms with van der Waals surface area (Å²) >= 11 is 0. The first-order chi connectivity index (χ1) is 13.5. The zero-order valence-corrected chi connectivity index (χ0v) is 16.9. The van der Waals surface area contributed by atoms with Gasteiger partial charge >= 0.3 is 0 Å². The van der Waals surface area contributed by atoms with E-state index in [9.17, 15) is 14.7 Å². The van der Waals surface area contributed by atoms with Gasteiger partial charge in [0, 0.05) is 37.7 Å². The van der Waals surface area contributed by atoms with Crippen molar-refractivity contribution in [2.45, 2.75) is 70.4 Å². The second-order valence-corrected chi connectivity index (χ2v) is 9.09. The van der Waals surface area contributed by atoms with Gasteiger partial charge in [0.1, 0.15) is 0 Å². The summed E-state index contributed by atoms with van der Waals surface area (Å²) in [6.45, 7) is 4.38. The molecule has 28 heavy (non-hydrogen) atoms. The Morgan fingerprint density at radius 2 is 1.75 bits per heavy atom. The highest BCUT2D eigenvalue weighted by Crippen LogP contribution is 2.42. The third kappa shape index (κ3) is 3.82. The Labute approximate surface area is 167 Å². The van der Waals surface area contributed by atoms with Gasteiger partial charge in [0.25, 0.3) is 5.91 Å². The molecule has 3 fully saturated rings. The average Bonchev–Trinajstić information content (AvgIpc) is 2.71. The molecule has 0 atom stereocenters. The summed E-state index contributed by atoms with van der Waals surface area (Å²) in [6, 6.07) is 8.09. The number of piperidine rings is 2. The number of carbonyl (C=O) groups is 2. The van der Waals surface area contributed by atoms with Crippen molar-refractivity contribution in [3.05, 3.63) is 35.4 Å². The van der Waals surface area contributed by atoms with E-state index in [1.165, 1.54) is 0 Å². The van der Waals surface area contributed by atoms with E-state index in [0.717, 1.165) is 75.7 Å². The molecule has 1 spiro atoms. The molecular weight excluding hydrogens is 352 g/mol. The maximum absolute atomic E-state index is 12.9. The first-order valence-corrected chi connectivity index (χ1v) is 10.8. The molecule has 1 aromatic rings. The number of nitrogens with zero attached hydrogens (tertiary/aromatic N) is 2. The lowest BCUT2D eigenvalue weighted by Gasteiger charge is -2.50. The fourth-order valence-corrected chi connectivity index (χ4v) is 5.32. The Kier molecular flexibility index (Phi) is 5.46. The van der Waals surface area contributed by atoms with Crippen LogP contribution in [0.25, 0.3) is 0 Å². The highest BCUT2D eigenvalue weighted by Gasteiger charge is 2.44. The van der Waals surface area contributed by atoms with E-state index in [0.29, 0.717) is 12.5 Å². The normalized spacial score (nSPS) is 27.9. The molecule has 4 rings (SSSR count). The third-order valence-electron chi connectivity index (χ3n) is 7.29. The number of carbonyl (C=O) groups excluding carboxylic acids is 2. The van der Waals surface area contributed by atoms with Gasteiger partial charge in [0.2, 0.25) is 5.91 Å². The van der Waals surface area contributed by atoms with Crippen LogP contribution >= 0.6 is 0 Å². The number of aliphatic hydroxyl groups is 1. The molecule has 152 valence electrons. The molecule has 2 saturated heterocycles. The van der Waals surface area contributed by atoms with E-state index in [1.807, 2.05) is 36.1 Å². The molecule has 0 aromatic heterocycles. The predicted molar refractivity (Wildman–Crippen MR) is 108 cm³/mol. The van der Waals surface area contributed by atoms with Crippen LogP contribution in [0, 0.1) is 12.3 Å². The Hall–Kier alpha value is -1.88. The van der Waals surface area contributed by atoms with Gasteiger partial charge in [-0.2, -0.15) is 0 Å². The zero-order chi connectivity index (χ0) is 19.7. The average molecular weight is 385 g/mol. The maximum atomic E-state index is 12.9. The summed E-state index contributed by atoms with van der Waals surface area (Å²) in [5.74, 6) is 0.420. The molecule has 3 aliphatic rings. The zero-order valence-electron chi connectivity index (χ0n) is 16.9. The minimum atomic E-state index is -0.194. The van der Waals surface area contributed by atoms with Gasteiger partial charge in [-0.25, -0.2) is 0 Å². The molecule has 1 aliphatic carbocycles. The van der Waals surface area contributed by atoms with Gasteiger partial charge < -0.3 is 14.9 Å². The van der Waals surface area contributed by atoms with Crippen molar-refractivity contribution in [2.24, 2.45) is 5.41 Å². The standard InChI is InChI=1S/C23H32N2O3/c1-17-4-2-3-5-20(17)22(28)24-14-12-23(13-15-24)11-10-21(27)25(16-23)18-6-8-19(26)9-7-18/h2-5,18-19,26H,6-16H2,1H3. The number of rotatable bonds is 2. The van der Waals surface area contributed by atoms with Crippen LogP contribution in [0.15, 0.2) is 24.3 Å². The number of hydrogen-bond donors (Lipinski definition) is 1. The van der Waals surface area contributed by atoms with E-state index in [1.54, 1.807) is 0 Å². The van der Waals surface area contributed by atoms with Crippen molar-refractivity contribution in [3.63, 3.8) is 0 Å². The summed E-state index contributed by atoms with van der Waals surface area (Å²) < 4.78 is 0. The minimum Gasteiger partial charge on any atom is -0.393 e. The lowest BCUT2D eigenvalue weighted by molar-refractivity contribution is -0.143. The van der Waals surface area contributed by atoms with Crippen LogP contribution in [-0.4, -0.2) is 58.5 Å². The van der Waals surface area contributed by atoms with Gasteiger partial charge in [-0.15, -0.1) is 0 Å². The molecule has 1 aromatic carbocycles. The summed E-state index contributed by atoms with van der Waals surface area (Å²) in [5, 5.41) is 9.79. The lowest BCUT2D eigenvalue weighted by Crippen LogP contribution is -2.55. The van der Waals surface area contributed by atoms with Gasteiger partial charge in [-0.05, 0) is 68.9 Å². The Balaban J connectivity index is 1.40. The molecule has 2 amide bonds. The molecule has 5 heteroatoms. The van der Waals surface area contributed by atoms with Gasteiger partial charge in [0.15, 0.2) is 0 Å². The molecule has 2 heterocycles. The quantitative estimate of drug-likeness (QED) is 0.852. The summed E-state index contributed by atoms with van der Waals surface area (Å²) in [6.07, 6.45) is 6.78. The first-order valence-electron chi connectivity index (χ1n) is 10.8. The second-order valence-electron chi connectivity index (χ2n) is 9.09. The number of aryl methyl sites for hydroxylation is 1. The number of amides is 2. The Morgan fingerprint density at radius 1 is 1.07 bits per heavy atom. The highest BCUT2D eigenvalue weighted by molar-refractivity contribution is 5.95. The summed E-state index contributed by atoms with van der Waals surface area (Å²) in [4.78, 5) is 29.6. The molecular formula is C23H32N2O3. The number of benzene rings is 1. The van der Waals surface area contributed by atoms with E-state index in [2.05, 4.69) is 4.90 Å². The Morgan fingerprint density at radius 3 is 2.43 bits per heavy atom. The second kappa shape index (κ2) is 7.86. The topological polar surface area (TPSA) is 60.9 Å². The molecule has 0 unspecified atom stereocenters. The smallest absolute Gasteiger partial charge is 0.254 e. The van der Waals surface area contributed by atoms with Gasteiger partial charge in [-0.3, -0.25) is 9.59 Å². The maximum Gasteiger partial charge on any atom is 0.254 e.